The van der Waals surface area contributed by atoms with Crippen molar-refractivity contribution in [1.82, 2.24) is 0 Å². The second-order valence-corrected chi connectivity index (χ2v) is 14.3. The standard InChI is InChI=1S/C21H26NOSi.2ClH.Zr/c1-21(2,3)22-18-13-16-15-9-6-5-8-14(15)12-17(16)19-20(18)24(19,4)11-7-10-23;;;/h5-6,8-9,12-13,22-23H,7,10-11H2,1-4H3;2*1H;/q;;;+2/p-2. The zero-order valence-electron chi connectivity index (χ0n) is 16.3. The molecule has 0 fully saturated rings. The Balaban J connectivity index is 0.00000131. The van der Waals surface area contributed by atoms with Crippen LogP contribution in [-0.4, -0.2) is 25.3 Å². The van der Waals surface area contributed by atoms with E-state index >= 15 is 0 Å². The van der Waals surface area contributed by atoms with E-state index in [2.05, 4.69) is 63.0 Å². The van der Waals surface area contributed by atoms with Gasteiger partial charge in [0.05, 0.1) is 0 Å². The summed E-state index contributed by atoms with van der Waals surface area (Å²) < 4.78 is 0.583. The Kier molecular flexibility index (Phi) is 6.82. The maximum Gasteiger partial charge on any atom is -1.00 e. The van der Waals surface area contributed by atoms with Crippen LogP contribution in [0.25, 0.3) is 11.1 Å². The molecule has 0 saturated carbocycles. The number of hydrogen-bond donors (Lipinski definition) is 2. The summed E-state index contributed by atoms with van der Waals surface area (Å²) in [5, 5.41) is 16.5. The van der Waals surface area contributed by atoms with Gasteiger partial charge in [0.25, 0.3) is 0 Å². The molecule has 1 aliphatic heterocycles. The van der Waals surface area contributed by atoms with E-state index in [1.807, 2.05) is 0 Å². The van der Waals surface area contributed by atoms with Gasteiger partial charge in [-0.25, -0.2) is 0 Å². The molecule has 27 heavy (non-hydrogen) atoms. The molecule has 2 nitrogen and oxygen atoms in total. The Morgan fingerprint density at radius 3 is 2.41 bits per heavy atom. The Morgan fingerprint density at radius 1 is 1.11 bits per heavy atom. The minimum absolute atomic E-state index is 0. The second-order valence-electron chi connectivity index (χ2n) is 8.69. The van der Waals surface area contributed by atoms with Crippen molar-refractivity contribution in [3.8, 4) is 11.1 Å². The van der Waals surface area contributed by atoms with E-state index in [0.717, 1.165) is 6.42 Å². The van der Waals surface area contributed by atoms with Crippen LogP contribution in [0.2, 0.25) is 12.6 Å². The first-order valence-corrected chi connectivity index (χ1v) is 13.3. The first kappa shape index (κ1) is 23.2. The summed E-state index contributed by atoms with van der Waals surface area (Å²) >= 11 is 1.59. The molecule has 2 aromatic rings. The molecule has 2 atom stereocenters. The SMILES string of the molecule is CC(C)(C)Nc1cc2c(c3c1[Si]3(C)CCCO)[CH]([Zr+2])c1ccccc1-2.[Cl-].[Cl-]. The van der Waals surface area contributed by atoms with Gasteiger partial charge in [-0.1, -0.05) is 0 Å². The van der Waals surface area contributed by atoms with Crippen LogP contribution in [0.1, 0.15) is 41.9 Å². The van der Waals surface area contributed by atoms with Gasteiger partial charge in [-0.2, -0.15) is 0 Å². The number of hydrogen-bond acceptors (Lipinski definition) is 2. The van der Waals surface area contributed by atoms with Crippen LogP contribution < -0.4 is 40.5 Å². The predicted octanol–water partition coefficient (Wildman–Crippen LogP) is -2.59. The molecule has 0 amide bonds. The van der Waals surface area contributed by atoms with Crippen molar-refractivity contribution in [2.45, 2.75) is 48.9 Å². The summed E-state index contributed by atoms with van der Waals surface area (Å²) in [5.74, 6) is 0. The monoisotopic (exact) mass is 496 g/mol. The molecule has 0 bridgehead atoms. The minimum Gasteiger partial charge on any atom is -1.00 e. The largest absolute Gasteiger partial charge is 1.00 e. The van der Waals surface area contributed by atoms with Gasteiger partial charge >= 0.3 is 167 Å². The summed E-state index contributed by atoms with van der Waals surface area (Å²) in [4.78, 5) is 0. The zero-order valence-corrected chi connectivity index (χ0v) is 21.3. The maximum absolute atomic E-state index is 9.39. The normalized spacial score (nSPS) is 21.4. The molecular weight excluding hydrogens is 472 g/mol. The quantitative estimate of drug-likeness (QED) is 0.454. The molecule has 1 aliphatic carbocycles. The molecule has 2 aliphatic rings. The fraction of sp³-hybridized carbons (Fsp3) is 0.429. The Morgan fingerprint density at radius 2 is 1.78 bits per heavy atom. The average Bonchev–Trinajstić information content (AvgIpc) is 3.07. The molecule has 2 aromatic carbocycles. The van der Waals surface area contributed by atoms with Gasteiger partial charge in [-0.15, -0.1) is 0 Å². The number of aliphatic hydroxyl groups is 1. The van der Waals surface area contributed by atoms with Gasteiger partial charge in [0.2, 0.25) is 0 Å². The molecule has 0 aromatic heterocycles. The molecule has 2 unspecified atom stereocenters. The van der Waals surface area contributed by atoms with Crippen molar-refractivity contribution >= 4 is 24.1 Å². The minimum atomic E-state index is -1.56. The third-order valence-electron chi connectivity index (χ3n) is 5.60. The Bertz CT molecular complexity index is 868. The topological polar surface area (TPSA) is 32.3 Å². The van der Waals surface area contributed by atoms with Crippen LogP contribution in [0, 0.1) is 0 Å². The fourth-order valence-electron chi connectivity index (χ4n) is 4.56. The van der Waals surface area contributed by atoms with Crippen LogP contribution in [-0.2, 0) is 24.7 Å². The number of benzene rings is 2. The second kappa shape index (κ2) is 7.95. The van der Waals surface area contributed by atoms with Crippen LogP contribution in [0.4, 0.5) is 5.69 Å². The number of halogens is 2. The smallest absolute Gasteiger partial charge is 1.00 e. The zero-order chi connectivity index (χ0) is 18.0. The number of aliphatic hydroxyl groups excluding tert-OH is 1. The van der Waals surface area contributed by atoms with E-state index in [1.165, 1.54) is 28.4 Å². The van der Waals surface area contributed by atoms with Crippen molar-refractivity contribution in [1.29, 1.82) is 0 Å². The predicted molar refractivity (Wildman–Crippen MR) is 104 cm³/mol. The number of anilines is 1. The van der Waals surface area contributed by atoms with Crippen LogP contribution in [0.15, 0.2) is 30.3 Å². The third kappa shape index (κ3) is 3.73. The van der Waals surface area contributed by atoms with Crippen LogP contribution in [0.5, 0.6) is 0 Å². The number of fused-ring (bicyclic) bond motifs is 5. The average molecular weight is 499 g/mol. The number of nitrogens with one attached hydrogen (secondary N) is 1. The molecule has 2 N–H and O–H groups in total. The van der Waals surface area contributed by atoms with E-state index in [-0.39, 0.29) is 30.4 Å². The van der Waals surface area contributed by atoms with Gasteiger partial charge < -0.3 is 24.8 Å². The van der Waals surface area contributed by atoms with Gasteiger partial charge in [0.15, 0.2) is 0 Å². The molecular formula is C21H26Cl2NOSiZr. The molecule has 6 heteroatoms. The molecule has 0 spiro atoms. The van der Waals surface area contributed by atoms with E-state index in [9.17, 15) is 5.11 Å². The van der Waals surface area contributed by atoms with Crippen LogP contribution >= 0.6 is 0 Å². The van der Waals surface area contributed by atoms with Crippen molar-refractivity contribution < 1.29 is 54.6 Å². The van der Waals surface area contributed by atoms with E-state index in [1.54, 1.807) is 40.7 Å². The van der Waals surface area contributed by atoms with E-state index < -0.39 is 8.07 Å². The van der Waals surface area contributed by atoms with E-state index in [0.29, 0.717) is 10.2 Å². The van der Waals surface area contributed by atoms with Gasteiger partial charge in [0.1, 0.15) is 0 Å². The van der Waals surface area contributed by atoms with Crippen molar-refractivity contribution in [3.05, 3.63) is 41.5 Å². The van der Waals surface area contributed by atoms with Gasteiger partial charge in [-0.3, -0.25) is 0 Å². The first-order valence-electron chi connectivity index (χ1n) is 9.19. The summed E-state index contributed by atoms with van der Waals surface area (Å²) in [7, 11) is -1.56. The van der Waals surface area contributed by atoms with Crippen molar-refractivity contribution in [2.24, 2.45) is 0 Å². The summed E-state index contributed by atoms with van der Waals surface area (Å²) in [6, 6.07) is 12.6. The summed E-state index contributed by atoms with van der Waals surface area (Å²) in [6.45, 7) is 9.53. The molecule has 143 valence electrons. The number of rotatable bonds is 4. The summed E-state index contributed by atoms with van der Waals surface area (Å²) in [6.07, 6.45) is 0.926. The summed E-state index contributed by atoms with van der Waals surface area (Å²) in [5.41, 5.74) is 7.45. The van der Waals surface area contributed by atoms with Crippen LogP contribution in [0.3, 0.4) is 0 Å². The molecule has 1 heterocycles. The van der Waals surface area contributed by atoms with Crippen molar-refractivity contribution in [2.75, 3.05) is 11.9 Å². The molecule has 0 saturated heterocycles. The van der Waals surface area contributed by atoms with Crippen molar-refractivity contribution in [3.63, 3.8) is 0 Å². The fourth-order valence-corrected chi connectivity index (χ4v) is 11.0. The Labute approximate surface area is 191 Å². The maximum atomic E-state index is 9.39. The van der Waals surface area contributed by atoms with E-state index in [4.69, 9.17) is 0 Å². The van der Waals surface area contributed by atoms with Gasteiger partial charge in [-0.05, 0) is 0 Å². The van der Waals surface area contributed by atoms with Gasteiger partial charge in [0, 0.05) is 0 Å². The Hall–Kier alpha value is -0.120. The third-order valence-corrected chi connectivity index (χ3v) is 11.4. The first-order chi connectivity index (χ1) is 11.8. The molecule has 0 radical (unpaired) electrons. The molecule has 4 rings (SSSR count).